The van der Waals surface area contributed by atoms with Gasteiger partial charge in [-0.3, -0.25) is 4.32 Å². The molecule has 0 fully saturated rings. The first-order valence-corrected chi connectivity index (χ1v) is 0.866. The topological polar surface area (TPSA) is 29.5 Å². The molecule has 0 saturated carbocycles. The molecule has 0 spiro atoms. The molecule has 5 heavy (non-hydrogen) atoms. The molecule has 0 rings (SSSR count). The molecule has 5 heteroatoms. The van der Waals surface area contributed by atoms with Gasteiger partial charge in [-0.15, -0.1) is 0 Å². The van der Waals surface area contributed by atoms with Crippen LogP contribution in [-0.2, 0) is 4.86 Å². The first kappa shape index (κ1) is 4.84. The zero-order chi connectivity index (χ0) is 4.28. The average molecular weight is 81.8 g/mol. The summed E-state index contributed by atoms with van der Waals surface area (Å²) in [6.07, 6.45) is 0. The van der Waals surface area contributed by atoms with Crippen LogP contribution >= 0.6 is 0 Å². The largest absolute Gasteiger partial charge is 0.710 e. The molecule has 0 saturated heterocycles. The fraction of sp³-hybridized carbons (Fsp3) is 0. The van der Waals surface area contributed by atoms with Crippen LogP contribution in [-0.4, -0.2) is 12.4 Å². The van der Waals surface area contributed by atoms with E-state index in [4.69, 9.17) is 5.02 Å². The fourth-order valence-electron chi connectivity index (χ4n) is 0. The van der Waals surface area contributed by atoms with Crippen LogP contribution in [0.25, 0.3) is 0 Å². The summed E-state index contributed by atoms with van der Waals surface area (Å²) >= 11 is 0. The molecule has 1 N–H and O–H groups in total. The van der Waals surface area contributed by atoms with E-state index in [0.29, 0.717) is 0 Å². The predicted molar refractivity (Wildman–Crippen MR) is 11.3 cm³/mol. The zero-order valence-corrected chi connectivity index (χ0v) is 2.19. The maximum absolute atomic E-state index is 10.4. The molecule has 0 bridgehead atoms. The Balaban J connectivity index is 2.54. The molecule has 2 nitrogen and oxygen atoms in total. The monoisotopic (exact) mass is 82.0 g/mol. The van der Waals surface area contributed by atoms with Crippen molar-refractivity contribution in [3.05, 3.63) is 0 Å². The molecule has 0 aliphatic heterocycles. The number of hydrogen-bond acceptors (Lipinski definition) is 2. The predicted octanol–water partition coefficient (Wildman–Crippen LogP) is -0.166. The quantitative estimate of drug-likeness (QED) is 0.445. The van der Waals surface area contributed by atoms with Crippen molar-refractivity contribution in [2.75, 3.05) is 0 Å². The summed E-state index contributed by atoms with van der Waals surface area (Å²) in [6, 6.07) is 0. The van der Waals surface area contributed by atoms with Gasteiger partial charge >= 0.3 is 7.40 Å². The maximum atomic E-state index is 10.4. The van der Waals surface area contributed by atoms with Gasteiger partial charge in [0.25, 0.3) is 0 Å². The first-order valence-electron chi connectivity index (χ1n) is 0.866. The zero-order valence-electron chi connectivity index (χ0n) is 2.19. The molecular formula is HBF2O2. The van der Waals surface area contributed by atoms with Crippen LogP contribution in [0.4, 0.5) is 8.84 Å². The summed E-state index contributed by atoms with van der Waals surface area (Å²) in [6.45, 7) is 0. The highest BCUT2D eigenvalue weighted by Gasteiger charge is 2.09. The molecule has 0 aromatic carbocycles. The lowest BCUT2D eigenvalue weighted by atomic mass is 10.3. The standard InChI is InChI=1S/BF2HO2/c2-1(4)5-3/h4H. The van der Waals surface area contributed by atoms with Crippen molar-refractivity contribution in [2.45, 2.75) is 0 Å². The van der Waals surface area contributed by atoms with Gasteiger partial charge in [-0.05, 0) is 0 Å². The van der Waals surface area contributed by atoms with Crippen LogP contribution in [0.3, 0.4) is 0 Å². The minimum Gasteiger partial charge on any atom is -0.396 e. The molecule has 0 aromatic heterocycles. The second-order valence-electron chi connectivity index (χ2n) is 0.381. The van der Waals surface area contributed by atoms with Gasteiger partial charge in [0, 0.05) is 0 Å². The Morgan fingerprint density at radius 2 is 2.00 bits per heavy atom. The first-order chi connectivity index (χ1) is 2.27. The van der Waals surface area contributed by atoms with E-state index in [2.05, 4.69) is 4.86 Å². The van der Waals surface area contributed by atoms with Crippen LogP contribution in [0.2, 0.25) is 0 Å². The maximum Gasteiger partial charge on any atom is 0.710 e. The van der Waals surface area contributed by atoms with E-state index < -0.39 is 7.40 Å². The molecule has 0 heterocycles. The third kappa shape index (κ3) is 3.84. The van der Waals surface area contributed by atoms with Gasteiger partial charge in [-0.1, -0.05) is 4.53 Å². The molecule has 30 valence electrons. The fourth-order valence-corrected chi connectivity index (χ4v) is 0. The van der Waals surface area contributed by atoms with Crippen molar-refractivity contribution in [1.29, 1.82) is 0 Å². The molecular weight excluding hydrogens is 80.8 g/mol. The van der Waals surface area contributed by atoms with Gasteiger partial charge in [0.05, 0.1) is 0 Å². The second-order valence-corrected chi connectivity index (χ2v) is 0.381. The summed E-state index contributed by atoms with van der Waals surface area (Å²) in [5, 5.41) is 7.10. The Labute approximate surface area is 27.5 Å². The van der Waals surface area contributed by atoms with Crippen LogP contribution in [0.5, 0.6) is 0 Å². The SMILES string of the molecule is OB(F)OF. The van der Waals surface area contributed by atoms with Gasteiger partial charge < -0.3 is 5.02 Å². The Hall–Kier alpha value is -0.155. The number of halogens is 2. The van der Waals surface area contributed by atoms with E-state index in [1.54, 1.807) is 0 Å². The van der Waals surface area contributed by atoms with Crippen LogP contribution in [0.1, 0.15) is 0 Å². The Kier molecular flexibility index (Phi) is 2.04. The summed E-state index contributed by atoms with van der Waals surface area (Å²) < 4.78 is 20.4. The van der Waals surface area contributed by atoms with Gasteiger partial charge in [-0.25, -0.2) is 0 Å². The Bertz CT molecular complexity index is 21.6. The van der Waals surface area contributed by atoms with E-state index in [9.17, 15) is 8.84 Å². The smallest absolute Gasteiger partial charge is 0.396 e. The number of hydrogen-bond donors (Lipinski definition) is 1. The molecule has 0 aliphatic rings. The molecule has 0 aromatic rings. The summed E-state index contributed by atoms with van der Waals surface area (Å²) in [5.41, 5.74) is 0. The molecule has 0 radical (unpaired) electrons. The Morgan fingerprint density at radius 1 is 1.80 bits per heavy atom. The van der Waals surface area contributed by atoms with Crippen LogP contribution < -0.4 is 0 Å². The minimum atomic E-state index is -2.78. The third-order valence-corrected chi connectivity index (χ3v) is 0.0735. The summed E-state index contributed by atoms with van der Waals surface area (Å²) in [5.74, 6) is 0. The Morgan fingerprint density at radius 3 is 2.00 bits per heavy atom. The number of rotatable bonds is 1. The van der Waals surface area contributed by atoms with Gasteiger partial charge in [0.15, 0.2) is 0 Å². The highest BCUT2D eigenvalue weighted by molar-refractivity contribution is 6.33. The van der Waals surface area contributed by atoms with Crippen molar-refractivity contribution in [2.24, 2.45) is 0 Å². The lowest BCUT2D eigenvalue weighted by Crippen LogP contribution is -2.02. The third-order valence-electron chi connectivity index (χ3n) is 0.0735. The van der Waals surface area contributed by atoms with Crippen molar-refractivity contribution in [1.82, 2.24) is 0 Å². The highest BCUT2D eigenvalue weighted by atomic mass is 19.3. The van der Waals surface area contributed by atoms with E-state index in [0.717, 1.165) is 0 Å². The lowest BCUT2D eigenvalue weighted by molar-refractivity contribution is -0.0455. The molecule has 0 amide bonds. The molecule has 0 aliphatic carbocycles. The summed E-state index contributed by atoms with van der Waals surface area (Å²) in [4.78, 5) is 2.14. The highest BCUT2D eigenvalue weighted by Crippen LogP contribution is 1.77. The normalized spacial score (nSPS) is 7.80. The van der Waals surface area contributed by atoms with Gasteiger partial charge in [-0.2, -0.15) is 4.86 Å². The van der Waals surface area contributed by atoms with Gasteiger partial charge in [0.1, 0.15) is 0 Å². The summed E-state index contributed by atoms with van der Waals surface area (Å²) in [7, 11) is -2.78. The van der Waals surface area contributed by atoms with Crippen molar-refractivity contribution < 1.29 is 18.7 Å². The van der Waals surface area contributed by atoms with Crippen molar-refractivity contribution in [3.63, 3.8) is 0 Å². The van der Waals surface area contributed by atoms with E-state index >= 15 is 0 Å². The average Bonchev–Trinajstić information content (AvgIpc) is 1.38. The van der Waals surface area contributed by atoms with Crippen molar-refractivity contribution in [3.8, 4) is 0 Å². The van der Waals surface area contributed by atoms with E-state index in [1.165, 1.54) is 0 Å². The van der Waals surface area contributed by atoms with Crippen molar-refractivity contribution >= 4 is 7.40 Å². The molecule has 0 atom stereocenters. The van der Waals surface area contributed by atoms with Gasteiger partial charge in [0.2, 0.25) is 0 Å². The van der Waals surface area contributed by atoms with E-state index in [1.807, 2.05) is 0 Å². The second kappa shape index (κ2) is 2.11. The van der Waals surface area contributed by atoms with Crippen LogP contribution in [0.15, 0.2) is 0 Å². The van der Waals surface area contributed by atoms with E-state index in [-0.39, 0.29) is 0 Å². The molecule has 0 unspecified atom stereocenters. The lowest BCUT2D eigenvalue weighted by Gasteiger charge is -1.74. The minimum absolute atomic E-state index is 2.14. The van der Waals surface area contributed by atoms with Crippen LogP contribution in [0, 0.1) is 0 Å².